The van der Waals surface area contributed by atoms with Crippen molar-refractivity contribution >= 4 is 11.6 Å². The van der Waals surface area contributed by atoms with E-state index >= 15 is 0 Å². The normalized spacial score (nSPS) is 24.8. The molecule has 114 valence electrons. The molecule has 21 heavy (non-hydrogen) atoms. The molecular formula is C14H19N3O4. The van der Waals surface area contributed by atoms with E-state index in [1.165, 1.54) is 6.07 Å². The van der Waals surface area contributed by atoms with Gasteiger partial charge in [-0.1, -0.05) is 0 Å². The molecule has 1 fully saturated rings. The molecule has 0 heterocycles. The van der Waals surface area contributed by atoms with Crippen molar-refractivity contribution in [3.63, 3.8) is 0 Å². The molecule has 0 spiro atoms. The molecule has 2 atom stereocenters. The van der Waals surface area contributed by atoms with Crippen LogP contribution < -0.4 is 16.2 Å². The minimum Gasteiger partial charge on any atom is -0.490 e. The van der Waals surface area contributed by atoms with Gasteiger partial charge in [0.25, 0.3) is 5.69 Å². The number of benzene rings is 1. The van der Waals surface area contributed by atoms with Crippen LogP contribution in [0.25, 0.3) is 0 Å². The summed E-state index contributed by atoms with van der Waals surface area (Å²) < 4.78 is 5.81. The van der Waals surface area contributed by atoms with E-state index in [1.54, 1.807) is 13.0 Å². The summed E-state index contributed by atoms with van der Waals surface area (Å²) in [5.41, 5.74) is 11.6. The van der Waals surface area contributed by atoms with Gasteiger partial charge in [-0.05, 0) is 38.3 Å². The number of primary amides is 1. The molecule has 0 bridgehead atoms. The molecule has 7 nitrogen and oxygen atoms in total. The summed E-state index contributed by atoms with van der Waals surface area (Å²) in [7, 11) is 0. The van der Waals surface area contributed by atoms with Crippen LogP contribution >= 0.6 is 0 Å². The van der Waals surface area contributed by atoms with E-state index in [9.17, 15) is 14.9 Å². The summed E-state index contributed by atoms with van der Waals surface area (Å²) in [4.78, 5) is 21.9. The van der Waals surface area contributed by atoms with Gasteiger partial charge in [-0.2, -0.15) is 0 Å². The number of nitrogens with two attached hydrogens (primary N) is 2. The third-order valence-electron chi connectivity index (χ3n) is 3.98. The Bertz CT molecular complexity index is 602. The van der Waals surface area contributed by atoms with Crippen LogP contribution in [0.2, 0.25) is 0 Å². The van der Waals surface area contributed by atoms with Gasteiger partial charge in [0.1, 0.15) is 11.9 Å². The Morgan fingerprint density at radius 1 is 1.43 bits per heavy atom. The molecular weight excluding hydrogens is 274 g/mol. The lowest BCUT2D eigenvalue weighted by molar-refractivity contribution is -0.385. The molecule has 0 aliphatic heterocycles. The number of carbonyl (C=O) groups excluding carboxylic acids is 1. The zero-order chi connectivity index (χ0) is 15.8. The van der Waals surface area contributed by atoms with Crippen LogP contribution in [0, 0.1) is 24.0 Å². The van der Waals surface area contributed by atoms with Crippen LogP contribution in [-0.2, 0) is 4.79 Å². The highest BCUT2D eigenvalue weighted by Crippen LogP contribution is 2.34. The molecule has 7 heteroatoms. The highest BCUT2D eigenvalue weighted by atomic mass is 16.6. The third-order valence-corrected chi connectivity index (χ3v) is 3.98. The molecule has 1 aromatic carbocycles. The average Bonchev–Trinajstić information content (AvgIpc) is 2.75. The summed E-state index contributed by atoms with van der Waals surface area (Å²) in [5.74, 6) is -0.0915. The molecule has 1 saturated carbocycles. The van der Waals surface area contributed by atoms with Crippen molar-refractivity contribution in [1.29, 1.82) is 0 Å². The van der Waals surface area contributed by atoms with Crippen LogP contribution in [-0.4, -0.2) is 22.5 Å². The van der Waals surface area contributed by atoms with Gasteiger partial charge in [0, 0.05) is 12.0 Å². The second-order valence-electron chi connectivity index (χ2n) is 5.66. The highest BCUT2D eigenvalue weighted by Gasteiger charge is 2.41. The van der Waals surface area contributed by atoms with Gasteiger partial charge in [-0.25, -0.2) is 0 Å². The van der Waals surface area contributed by atoms with Gasteiger partial charge in [0.05, 0.1) is 16.5 Å². The largest absolute Gasteiger partial charge is 0.490 e. The maximum atomic E-state index is 11.3. The zero-order valence-corrected chi connectivity index (χ0v) is 12.1. The third kappa shape index (κ3) is 2.97. The Labute approximate surface area is 122 Å². The topological polar surface area (TPSA) is 121 Å². The van der Waals surface area contributed by atoms with Gasteiger partial charge in [-0.15, -0.1) is 0 Å². The van der Waals surface area contributed by atoms with Gasteiger partial charge in [-0.3, -0.25) is 14.9 Å². The first kappa shape index (κ1) is 15.2. The molecule has 0 radical (unpaired) electrons. The Kier molecular flexibility index (Phi) is 3.87. The predicted octanol–water partition coefficient (Wildman–Crippen LogP) is 1.33. The SMILES string of the molecule is Cc1cc(C)c([N+](=O)[O-])cc1OC1CCC(N)(C(N)=O)C1. The number of ether oxygens (including phenoxy) is 1. The molecule has 1 aliphatic carbocycles. The fourth-order valence-electron chi connectivity index (χ4n) is 2.68. The van der Waals surface area contributed by atoms with Gasteiger partial charge >= 0.3 is 0 Å². The Morgan fingerprint density at radius 3 is 2.62 bits per heavy atom. The van der Waals surface area contributed by atoms with Gasteiger partial charge < -0.3 is 16.2 Å². The van der Waals surface area contributed by atoms with Crippen LogP contribution in [0.3, 0.4) is 0 Å². The standard InChI is InChI=1S/C14H19N3O4/c1-8-5-9(2)12(6-11(8)17(19)20)21-10-3-4-14(16,7-10)13(15)18/h5-6,10H,3-4,7,16H2,1-2H3,(H2,15,18). The van der Waals surface area contributed by atoms with E-state index < -0.39 is 16.4 Å². The molecule has 4 N–H and O–H groups in total. The maximum absolute atomic E-state index is 11.3. The lowest BCUT2D eigenvalue weighted by Crippen LogP contribution is -2.50. The number of nitrogens with zero attached hydrogens (tertiary/aromatic N) is 1. The summed E-state index contributed by atoms with van der Waals surface area (Å²) in [5, 5.41) is 11.0. The van der Waals surface area contributed by atoms with E-state index in [0.717, 1.165) is 5.56 Å². The first-order chi connectivity index (χ1) is 9.73. The summed E-state index contributed by atoms with van der Waals surface area (Å²) >= 11 is 0. The minimum atomic E-state index is -1.05. The molecule has 0 saturated heterocycles. The second-order valence-corrected chi connectivity index (χ2v) is 5.66. The van der Waals surface area contributed by atoms with Crippen molar-refractivity contribution in [2.45, 2.75) is 44.8 Å². The fourth-order valence-corrected chi connectivity index (χ4v) is 2.68. The number of nitro benzene ring substituents is 1. The summed E-state index contributed by atoms with van der Waals surface area (Å²) in [6.07, 6.45) is 1.12. The molecule has 2 unspecified atom stereocenters. The maximum Gasteiger partial charge on any atom is 0.276 e. The van der Waals surface area contributed by atoms with Crippen molar-refractivity contribution < 1.29 is 14.5 Å². The Morgan fingerprint density at radius 2 is 2.10 bits per heavy atom. The van der Waals surface area contributed by atoms with Crippen molar-refractivity contribution in [3.05, 3.63) is 33.4 Å². The molecule has 2 rings (SSSR count). The Hall–Kier alpha value is -2.15. The molecule has 1 amide bonds. The smallest absolute Gasteiger partial charge is 0.276 e. The van der Waals surface area contributed by atoms with E-state index in [-0.39, 0.29) is 11.8 Å². The van der Waals surface area contributed by atoms with Crippen LogP contribution in [0.5, 0.6) is 5.75 Å². The summed E-state index contributed by atoms with van der Waals surface area (Å²) in [6, 6.07) is 3.14. The van der Waals surface area contributed by atoms with Crippen molar-refractivity contribution in [2.75, 3.05) is 0 Å². The van der Waals surface area contributed by atoms with Crippen LogP contribution in [0.15, 0.2) is 12.1 Å². The number of hydrogen-bond donors (Lipinski definition) is 2. The van der Waals surface area contributed by atoms with E-state index in [4.69, 9.17) is 16.2 Å². The predicted molar refractivity (Wildman–Crippen MR) is 77.0 cm³/mol. The van der Waals surface area contributed by atoms with Gasteiger partial charge in [0.15, 0.2) is 0 Å². The van der Waals surface area contributed by atoms with Crippen LogP contribution in [0.1, 0.15) is 30.4 Å². The number of aryl methyl sites for hydroxylation is 2. The number of amides is 1. The van der Waals surface area contributed by atoms with Crippen LogP contribution in [0.4, 0.5) is 5.69 Å². The van der Waals surface area contributed by atoms with Gasteiger partial charge in [0.2, 0.25) is 5.91 Å². The first-order valence-corrected chi connectivity index (χ1v) is 6.74. The van der Waals surface area contributed by atoms with Crippen molar-refractivity contribution in [3.8, 4) is 5.75 Å². The first-order valence-electron chi connectivity index (χ1n) is 6.74. The van der Waals surface area contributed by atoms with E-state index in [0.29, 0.717) is 30.6 Å². The molecule has 1 aromatic rings. The van der Waals surface area contributed by atoms with Crippen molar-refractivity contribution in [1.82, 2.24) is 0 Å². The lowest BCUT2D eigenvalue weighted by atomic mass is 9.98. The number of nitro groups is 1. The Balaban J connectivity index is 2.20. The quantitative estimate of drug-likeness (QED) is 0.640. The highest BCUT2D eigenvalue weighted by molar-refractivity contribution is 5.84. The minimum absolute atomic E-state index is 0.0162. The average molecular weight is 293 g/mol. The zero-order valence-electron chi connectivity index (χ0n) is 12.1. The number of rotatable bonds is 4. The second kappa shape index (κ2) is 5.33. The van der Waals surface area contributed by atoms with Crippen molar-refractivity contribution in [2.24, 2.45) is 11.5 Å². The molecule has 1 aliphatic rings. The number of carbonyl (C=O) groups is 1. The monoisotopic (exact) mass is 293 g/mol. The van der Waals surface area contributed by atoms with E-state index in [1.807, 2.05) is 6.92 Å². The fraction of sp³-hybridized carbons (Fsp3) is 0.500. The molecule has 0 aromatic heterocycles. The lowest BCUT2D eigenvalue weighted by Gasteiger charge is -2.20. The van der Waals surface area contributed by atoms with E-state index in [2.05, 4.69) is 0 Å². The summed E-state index contributed by atoms with van der Waals surface area (Å²) in [6.45, 7) is 3.51. The number of hydrogen-bond acceptors (Lipinski definition) is 5.